The van der Waals surface area contributed by atoms with Gasteiger partial charge in [-0.05, 0) is 31.0 Å². The summed E-state index contributed by atoms with van der Waals surface area (Å²) in [4.78, 5) is 12.0. The average molecular weight is 277 g/mol. The number of hydrogen-bond donors (Lipinski definition) is 1. The highest BCUT2D eigenvalue weighted by atomic mass is 19.4. The second-order valence-corrected chi connectivity index (χ2v) is 4.42. The number of carboxylic acids is 1. The molecule has 1 N–H and O–H groups in total. The van der Waals surface area contributed by atoms with Gasteiger partial charge in [0.1, 0.15) is 12.4 Å². The molecule has 1 fully saturated rings. The number of anilines is 1. The van der Waals surface area contributed by atoms with E-state index in [-0.39, 0.29) is 11.7 Å². The maximum Gasteiger partial charge on any atom is 0.416 e. The second-order valence-electron chi connectivity index (χ2n) is 4.42. The Balaban J connectivity index is 2.30. The highest BCUT2D eigenvalue weighted by molar-refractivity contribution is 5.74. The van der Waals surface area contributed by atoms with Gasteiger partial charge in [0.2, 0.25) is 0 Å². The topological polar surface area (TPSA) is 40.5 Å². The van der Waals surface area contributed by atoms with E-state index in [4.69, 9.17) is 5.11 Å². The zero-order chi connectivity index (χ0) is 14.2. The van der Waals surface area contributed by atoms with Crippen LogP contribution in [-0.4, -0.2) is 23.7 Å². The number of nitrogens with zero attached hydrogens (tertiary/aromatic N) is 1. The fraction of sp³-hybridized carbons (Fsp3) is 0.417. The van der Waals surface area contributed by atoms with Crippen molar-refractivity contribution < 1.29 is 27.5 Å². The van der Waals surface area contributed by atoms with E-state index in [0.29, 0.717) is 18.9 Å². The zero-order valence-electron chi connectivity index (χ0n) is 9.75. The highest BCUT2D eigenvalue weighted by Gasteiger charge is 2.35. The largest absolute Gasteiger partial charge is 0.480 e. The van der Waals surface area contributed by atoms with Crippen molar-refractivity contribution in [2.45, 2.75) is 25.1 Å². The maximum absolute atomic E-state index is 13.7. The molecule has 1 aromatic rings. The van der Waals surface area contributed by atoms with Gasteiger partial charge in [-0.2, -0.15) is 13.2 Å². The smallest absolute Gasteiger partial charge is 0.416 e. The van der Waals surface area contributed by atoms with Crippen LogP contribution < -0.4 is 4.90 Å². The summed E-state index contributed by atoms with van der Waals surface area (Å²) in [6.07, 6.45) is -3.18. The van der Waals surface area contributed by atoms with Crippen LogP contribution in [0.5, 0.6) is 0 Å². The lowest BCUT2D eigenvalue weighted by atomic mass is 10.1. The molecule has 19 heavy (non-hydrogen) atoms. The van der Waals surface area contributed by atoms with Gasteiger partial charge in [-0.25, -0.2) is 4.39 Å². The minimum atomic E-state index is -4.61. The standard InChI is InChI=1S/C12H11F4NO2/c13-9-5-7(12(14,15)16)1-4-10(9)17(6-11(18)19)8-2-3-8/h1,4-5,8H,2-3,6H2,(H,18,19). The van der Waals surface area contributed by atoms with Crippen LogP contribution in [0.15, 0.2) is 18.2 Å². The SMILES string of the molecule is O=C(O)CN(c1ccc(C(F)(F)F)cc1F)C1CC1. The van der Waals surface area contributed by atoms with E-state index in [0.717, 1.165) is 12.1 Å². The molecule has 2 rings (SSSR count). The molecule has 0 spiro atoms. The number of carbonyl (C=O) groups is 1. The molecule has 0 amide bonds. The molecular weight excluding hydrogens is 266 g/mol. The predicted octanol–water partition coefficient (Wildman–Crippen LogP) is 2.90. The molecule has 1 aliphatic carbocycles. The first-order chi connectivity index (χ1) is 8.79. The van der Waals surface area contributed by atoms with Crippen molar-refractivity contribution in [1.82, 2.24) is 0 Å². The molecule has 1 aromatic carbocycles. The lowest BCUT2D eigenvalue weighted by Gasteiger charge is -2.23. The summed E-state index contributed by atoms with van der Waals surface area (Å²) >= 11 is 0. The van der Waals surface area contributed by atoms with Crippen LogP contribution in [0.2, 0.25) is 0 Å². The number of rotatable bonds is 4. The molecule has 0 radical (unpaired) electrons. The van der Waals surface area contributed by atoms with Crippen LogP contribution in [0.4, 0.5) is 23.2 Å². The first kappa shape index (κ1) is 13.6. The van der Waals surface area contributed by atoms with Crippen LogP contribution in [-0.2, 0) is 11.0 Å². The van der Waals surface area contributed by atoms with Crippen LogP contribution in [0.3, 0.4) is 0 Å². The predicted molar refractivity (Wildman–Crippen MR) is 59.4 cm³/mol. The summed E-state index contributed by atoms with van der Waals surface area (Å²) in [6.45, 7) is -0.424. The van der Waals surface area contributed by atoms with Gasteiger partial charge < -0.3 is 10.0 Å². The van der Waals surface area contributed by atoms with Crippen LogP contribution in [0.1, 0.15) is 18.4 Å². The van der Waals surface area contributed by atoms with Gasteiger partial charge >= 0.3 is 12.1 Å². The molecular formula is C12H11F4NO2. The Bertz CT molecular complexity index is 497. The number of halogens is 4. The van der Waals surface area contributed by atoms with Crippen molar-refractivity contribution >= 4 is 11.7 Å². The molecule has 0 aromatic heterocycles. The van der Waals surface area contributed by atoms with Crippen molar-refractivity contribution in [3.05, 3.63) is 29.6 Å². The Morgan fingerprint density at radius 2 is 2.00 bits per heavy atom. The minimum absolute atomic E-state index is 0.0992. The van der Waals surface area contributed by atoms with E-state index in [1.165, 1.54) is 4.90 Å². The van der Waals surface area contributed by atoms with E-state index >= 15 is 0 Å². The van der Waals surface area contributed by atoms with Gasteiger partial charge in [0.05, 0.1) is 11.3 Å². The summed E-state index contributed by atoms with van der Waals surface area (Å²) in [5.41, 5.74) is -1.18. The fourth-order valence-electron chi connectivity index (χ4n) is 1.86. The van der Waals surface area contributed by atoms with Crippen molar-refractivity contribution in [3.63, 3.8) is 0 Å². The number of benzene rings is 1. The third-order valence-corrected chi connectivity index (χ3v) is 2.88. The number of hydrogen-bond acceptors (Lipinski definition) is 2. The molecule has 104 valence electrons. The lowest BCUT2D eigenvalue weighted by molar-refractivity contribution is -0.138. The summed E-state index contributed by atoms with van der Waals surface area (Å²) < 4.78 is 51.0. The molecule has 0 atom stereocenters. The molecule has 1 saturated carbocycles. The third-order valence-electron chi connectivity index (χ3n) is 2.88. The summed E-state index contributed by atoms with van der Waals surface area (Å²) in [5, 5.41) is 8.75. The first-order valence-electron chi connectivity index (χ1n) is 5.64. The van der Waals surface area contributed by atoms with Crippen molar-refractivity contribution in [2.24, 2.45) is 0 Å². The molecule has 0 bridgehead atoms. The van der Waals surface area contributed by atoms with E-state index in [2.05, 4.69) is 0 Å². The summed E-state index contributed by atoms with van der Waals surface area (Å²) in [5.74, 6) is -2.20. The third kappa shape index (κ3) is 3.15. The van der Waals surface area contributed by atoms with Gasteiger partial charge in [0.25, 0.3) is 0 Å². The fourth-order valence-corrected chi connectivity index (χ4v) is 1.86. The molecule has 0 aliphatic heterocycles. The number of alkyl halides is 3. The normalized spacial score (nSPS) is 15.4. The van der Waals surface area contributed by atoms with Crippen LogP contribution in [0.25, 0.3) is 0 Å². The molecule has 3 nitrogen and oxygen atoms in total. The quantitative estimate of drug-likeness (QED) is 0.860. The zero-order valence-corrected chi connectivity index (χ0v) is 9.75. The number of aliphatic carboxylic acids is 1. The van der Waals surface area contributed by atoms with Gasteiger partial charge in [0, 0.05) is 6.04 Å². The molecule has 7 heteroatoms. The Labute approximate surface area is 106 Å². The van der Waals surface area contributed by atoms with Gasteiger partial charge in [0.15, 0.2) is 0 Å². The second kappa shape index (κ2) is 4.71. The minimum Gasteiger partial charge on any atom is -0.480 e. The van der Waals surface area contributed by atoms with Crippen LogP contribution >= 0.6 is 0 Å². The van der Waals surface area contributed by atoms with Gasteiger partial charge in [-0.3, -0.25) is 4.79 Å². The monoisotopic (exact) mass is 277 g/mol. The first-order valence-corrected chi connectivity index (χ1v) is 5.64. The van der Waals surface area contributed by atoms with Crippen LogP contribution in [0, 0.1) is 5.82 Å². The van der Waals surface area contributed by atoms with E-state index in [9.17, 15) is 22.4 Å². The van der Waals surface area contributed by atoms with Crippen molar-refractivity contribution in [2.75, 3.05) is 11.4 Å². The van der Waals surface area contributed by atoms with E-state index in [1.807, 2.05) is 0 Å². The Morgan fingerprint density at radius 3 is 2.42 bits per heavy atom. The van der Waals surface area contributed by atoms with Crippen molar-refractivity contribution in [3.8, 4) is 0 Å². The molecule has 0 unspecified atom stereocenters. The Morgan fingerprint density at radius 1 is 1.37 bits per heavy atom. The lowest BCUT2D eigenvalue weighted by Crippen LogP contribution is -2.32. The summed E-state index contributed by atoms with van der Waals surface area (Å²) in [6, 6.07) is 2.03. The average Bonchev–Trinajstić information content (AvgIpc) is 3.08. The molecule has 0 saturated heterocycles. The molecule has 1 aliphatic rings. The van der Waals surface area contributed by atoms with E-state index in [1.54, 1.807) is 0 Å². The van der Waals surface area contributed by atoms with Gasteiger partial charge in [-0.15, -0.1) is 0 Å². The maximum atomic E-state index is 13.7. The summed E-state index contributed by atoms with van der Waals surface area (Å²) in [7, 11) is 0. The highest BCUT2D eigenvalue weighted by Crippen LogP contribution is 2.36. The number of carboxylic acid groups (broad SMARTS) is 1. The van der Waals surface area contributed by atoms with Crippen molar-refractivity contribution in [1.29, 1.82) is 0 Å². The Kier molecular flexibility index (Phi) is 3.38. The van der Waals surface area contributed by atoms with Gasteiger partial charge in [-0.1, -0.05) is 0 Å². The van der Waals surface area contributed by atoms with E-state index < -0.39 is 30.1 Å². The molecule has 0 heterocycles. The Hall–Kier alpha value is -1.79.